The van der Waals surface area contributed by atoms with Crippen LogP contribution in [0.5, 0.6) is 46.0 Å². The van der Waals surface area contributed by atoms with Crippen LogP contribution < -0.4 is 37.9 Å². The van der Waals surface area contributed by atoms with Crippen LogP contribution in [0.3, 0.4) is 0 Å². The van der Waals surface area contributed by atoms with Crippen LogP contribution in [0.25, 0.3) is 56.0 Å². The quantitative estimate of drug-likeness (QED) is 0.0163. The lowest BCUT2D eigenvalue weighted by atomic mass is 9.58. The van der Waals surface area contributed by atoms with Crippen molar-refractivity contribution < 1.29 is 85.5 Å². The first-order valence-electron chi connectivity index (χ1n) is 50.2. The highest BCUT2D eigenvalue weighted by molar-refractivity contribution is 8.01. The number of hydrogen-bond acceptors (Lipinski definition) is 20. The van der Waals surface area contributed by atoms with E-state index in [0.717, 1.165) is 165 Å². The van der Waals surface area contributed by atoms with Crippen molar-refractivity contribution in [2.75, 3.05) is 66.6 Å². The molecule has 4 aliphatic heterocycles. The van der Waals surface area contributed by atoms with Gasteiger partial charge in [0.15, 0.2) is 21.1 Å². The lowest BCUT2D eigenvalue weighted by Gasteiger charge is -2.47. The summed E-state index contributed by atoms with van der Waals surface area (Å²) < 4.78 is 86.7. The molecule has 0 bridgehead atoms. The highest BCUT2D eigenvalue weighted by Crippen LogP contribution is 2.69. The summed E-state index contributed by atoms with van der Waals surface area (Å²) in [6, 6.07) is 58.7. The van der Waals surface area contributed by atoms with Gasteiger partial charge in [-0.15, -0.1) is 6.42 Å². The molecule has 10 aromatic carbocycles. The molecule has 0 amide bonds. The number of carbonyl (C=O) groups is 4. The standard InChI is InChI=1S/C126H114O18S2/c1-12-17-18-19-20-21-22-23-24-25-26-27-28-29-30-35-72-132-74-76-134-92-50-42-88(43-51-92)126(63-61-98-116-114(100-82-106-108(146-120(9,10)142-106)84-102(100)118(98)144-126)96-37-32-34-39-104(96)124(116)70-66-122(15-4,16-5)67-71-124)90-46-54-94(55-47-90)136-78-80-138-110(128)58-59-112(130)140-86(6)85-139-111(129)57-56-109(127)137-79-77-135-93-52-44-89(45-53-93)125(87-40-48-91(49-41-87)133-75-73-131-11)62-60-97-115-113(99-81-105-107(145-119(7,8)141-105)83-101(99)117(97)143-125)95-36-31-33-38-103(95)123(115)68-64-121(13-2,14-3)65-69-123/h1,31-34,36-55,60-63,81-84,86H,13-16,56-59,64-71,73-80,85H2,2-11H3. The highest BCUT2D eigenvalue weighted by Gasteiger charge is 2.55. The molecule has 146 heavy (non-hydrogen) atoms. The molecule has 0 saturated heterocycles. The first-order chi connectivity index (χ1) is 70.9. The first kappa shape index (κ1) is 101. The van der Waals surface area contributed by atoms with Crippen molar-refractivity contribution in [3.8, 4) is 176 Å². The fourth-order valence-electron chi connectivity index (χ4n) is 22.1. The monoisotopic (exact) mass is 1980 g/mol. The Balaban J connectivity index is 0.474. The number of esters is 4. The lowest BCUT2D eigenvalue weighted by molar-refractivity contribution is -0.160. The van der Waals surface area contributed by atoms with Gasteiger partial charge in [0, 0.05) is 109 Å². The largest absolute Gasteiger partial charge is 0.491 e. The Hall–Kier alpha value is -15.0. The van der Waals surface area contributed by atoms with Gasteiger partial charge in [0.1, 0.15) is 111 Å². The molecule has 18 rings (SSSR count). The Kier molecular flexibility index (Phi) is 30.4. The molecule has 4 heterocycles. The molecule has 0 radical (unpaired) electrons. The molecule has 8 aliphatic rings. The first-order valence-corrected chi connectivity index (χ1v) is 51.8. The molecule has 10 aromatic rings. The van der Waals surface area contributed by atoms with Crippen LogP contribution in [0.2, 0.25) is 0 Å². The normalized spacial score (nSPS) is 17.7. The summed E-state index contributed by atoms with van der Waals surface area (Å²) in [6.07, 6.45) is 27.9. The van der Waals surface area contributed by atoms with Gasteiger partial charge >= 0.3 is 23.9 Å². The van der Waals surface area contributed by atoms with Crippen molar-refractivity contribution in [3.63, 3.8) is 0 Å². The Bertz CT molecular complexity index is 7420. The molecule has 2 spiro atoms. The second-order valence-corrected chi connectivity index (χ2v) is 42.0. The summed E-state index contributed by atoms with van der Waals surface area (Å²) in [5.41, 5.74) is 13.9. The number of rotatable bonds is 33. The van der Waals surface area contributed by atoms with E-state index in [1.165, 1.54) is 44.5 Å². The van der Waals surface area contributed by atoms with E-state index in [1.54, 1.807) is 37.6 Å². The molecule has 2 fully saturated rings. The average Bonchev–Trinajstić information content (AvgIpc) is 1.52. The molecule has 20 heteroatoms. The van der Waals surface area contributed by atoms with Crippen molar-refractivity contribution in [1.29, 1.82) is 0 Å². The zero-order valence-electron chi connectivity index (χ0n) is 84.0. The smallest absolute Gasteiger partial charge is 0.306 e. The minimum atomic E-state index is -1.19. The number of benzene rings is 10. The van der Waals surface area contributed by atoms with Crippen LogP contribution in [0.15, 0.2) is 192 Å². The zero-order valence-corrected chi connectivity index (χ0v) is 85.6. The fourth-order valence-corrected chi connectivity index (χ4v) is 24.1. The van der Waals surface area contributed by atoms with Crippen molar-refractivity contribution in [3.05, 3.63) is 238 Å². The molecule has 18 nitrogen and oxygen atoms in total. The summed E-state index contributed by atoms with van der Waals surface area (Å²) in [5.74, 6) is 43.4. The molecule has 3 unspecified atom stereocenters. The van der Waals surface area contributed by atoms with Crippen molar-refractivity contribution in [2.24, 2.45) is 10.8 Å². The summed E-state index contributed by atoms with van der Waals surface area (Å²) in [7, 11) is 1.65. The Morgan fingerprint density at radius 3 is 1.12 bits per heavy atom. The van der Waals surface area contributed by atoms with E-state index in [9.17, 15) is 19.2 Å². The SMILES string of the molecule is C#CC#CC#CC#CC#CC#CC#CC#CC#COCCOc1ccc(C2(c3ccc(OCCOC(=O)CCC(=O)OC(C)COC(=O)CCC(=O)OCCOc4ccc(C5(c6ccc(OCCOC)cc6)C=Cc6c7c(c8cc9c(cc8c6O5)SC(C)(C)O9)-c5ccccc5C75CCC(CC)(CC)CC5)cc4)cc3)C=Cc3c4c(c5cc6c(cc5c3O2)SC(C)(C)O6)-c2ccccc2C42CCC(CC)(CC)CC2)cc1. The number of thioether (sulfide) groups is 2. The van der Waals surface area contributed by atoms with Gasteiger partial charge in [-0.3, -0.25) is 19.2 Å². The number of carbonyl (C=O) groups excluding carboxylic acids is 4. The van der Waals surface area contributed by atoms with Gasteiger partial charge in [-0.2, -0.15) is 0 Å². The third-order valence-corrected chi connectivity index (χ3v) is 31.9. The molecule has 3 atom stereocenters. The predicted octanol–water partition coefficient (Wildman–Crippen LogP) is 24.0. The number of hydrogen-bond donors (Lipinski definition) is 0. The van der Waals surface area contributed by atoms with Crippen LogP contribution in [0.1, 0.15) is 221 Å². The lowest BCUT2D eigenvalue weighted by Crippen LogP contribution is -2.38. The van der Waals surface area contributed by atoms with E-state index in [2.05, 4.69) is 265 Å². The Labute approximate surface area is 864 Å². The molecular formula is C126H114O18S2. The third-order valence-electron chi connectivity index (χ3n) is 29.7. The van der Waals surface area contributed by atoms with Gasteiger partial charge in [0.25, 0.3) is 0 Å². The second kappa shape index (κ2) is 43.9. The van der Waals surface area contributed by atoms with Gasteiger partial charge in [-0.25, -0.2) is 0 Å². The topological polar surface area (TPSA) is 197 Å². The number of ether oxygens (including phenoxy) is 14. The maximum Gasteiger partial charge on any atom is 0.306 e. The second-order valence-electron chi connectivity index (χ2n) is 38.8. The number of methoxy groups -OCH3 is 1. The van der Waals surface area contributed by atoms with Crippen LogP contribution in [0.4, 0.5) is 0 Å². The Morgan fingerprint density at radius 2 is 0.740 bits per heavy atom. The fraction of sp³-hybridized carbons (Fsp3) is 0.349. The van der Waals surface area contributed by atoms with Gasteiger partial charge in [0.05, 0.1) is 42.1 Å². The maximum absolute atomic E-state index is 13.1. The van der Waals surface area contributed by atoms with E-state index in [1.807, 2.05) is 84.9 Å². The van der Waals surface area contributed by atoms with Gasteiger partial charge in [-0.05, 0) is 284 Å². The zero-order chi connectivity index (χ0) is 102. The summed E-state index contributed by atoms with van der Waals surface area (Å²) in [6.45, 7) is 20.2. The predicted molar refractivity (Wildman–Crippen MR) is 569 cm³/mol. The molecular weight excluding hydrogens is 1870 g/mol. The number of terminal acetylenes is 1. The van der Waals surface area contributed by atoms with E-state index < -0.39 is 51.0 Å². The summed E-state index contributed by atoms with van der Waals surface area (Å²) in [5, 5.41) is 4.21. The van der Waals surface area contributed by atoms with Gasteiger partial charge in [-0.1, -0.05) is 186 Å². The van der Waals surface area contributed by atoms with Gasteiger partial charge < -0.3 is 66.3 Å². The molecule has 4 aliphatic carbocycles. The van der Waals surface area contributed by atoms with E-state index >= 15 is 0 Å². The van der Waals surface area contributed by atoms with Crippen LogP contribution >= 0.6 is 23.5 Å². The maximum atomic E-state index is 13.1. The minimum absolute atomic E-state index is 0.0143. The van der Waals surface area contributed by atoms with Crippen LogP contribution in [0, 0.1) is 118 Å². The third kappa shape index (κ3) is 21.0. The van der Waals surface area contributed by atoms with Crippen molar-refractivity contribution in [2.45, 2.75) is 213 Å². The van der Waals surface area contributed by atoms with E-state index in [-0.39, 0.29) is 88.2 Å². The average molecular weight is 1980 g/mol. The van der Waals surface area contributed by atoms with Crippen LogP contribution in [-0.2, 0) is 69.6 Å². The summed E-state index contributed by atoms with van der Waals surface area (Å²) >= 11 is 3.42. The van der Waals surface area contributed by atoms with E-state index in [0.29, 0.717) is 41.6 Å². The molecule has 2 saturated carbocycles. The van der Waals surface area contributed by atoms with Crippen molar-refractivity contribution in [1.82, 2.24) is 0 Å². The molecule has 0 aromatic heterocycles. The Morgan fingerprint density at radius 1 is 0.390 bits per heavy atom. The number of fused-ring (bicyclic) bond motifs is 22. The minimum Gasteiger partial charge on any atom is -0.491 e. The molecule has 0 N–H and O–H groups in total. The highest BCUT2D eigenvalue weighted by atomic mass is 32.2. The molecule has 738 valence electrons. The van der Waals surface area contributed by atoms with Gasteiger partial charge in [0.2, 0.25) is 0 Å². The van der Waals surface area contributed by atoms with Crippen molar-refractivity contribution >= 4 is 81.1 Å². The summed E-state index contributed by atoms with van der Waals surface area (Å²) in [4.78, 5) is 53.3. The van der Waals surface area contributed by atoms with Crippen LogP contribution in [-0.4, -0.2) is 106 Å². The van der Waals surface area contributed by atoms with E-state index in [4.69, 9.17) is 72.7 Å².